The number of hydrogen-bond donors (Lipinski definition) is 2. The van der Waals surface area contributed by atoms with E-state index in [4.69, 9.17) is 14.6 Å². The fourth-order valence-electron chi connectivity index (χ4n) is 1.94. The van der Waals surface area contributed by atoms with E-state index in [1.54, 1.807) is 0 Å². The third-order valence-electron chi connectivity index (χ3n) is 3.60. The van der Waals surface area contributed by atoms with Gasteiger partial charge in [-0.1, -0.05) is 12.1 Å². The molecule has 2 N–H and O–H groups in total. The van der Waals surface area contributed by atoms with Crippen molar-refractivity contribution in [3.63, 3.8) is 0 Å². The number of carboxylic acid groups (broad SMARTS) is 1. The van der Waals surface area contributed by atoms with E-state index in [0.717, 1.165) is 0 Å². The molecule has 1 aromatic rings. The first kappa shape index (κ1) is 24.5. The lowest BCUT2D eigenvalue weighted by atomic mass is 10.1. The second-order valence-electron chi connectivity index (χ2n) is 5.75. The SMILES string of the molecule is COC(Cc1ccc(OCC(=O)NCC(F)(F)C(F)(F)C(F)(F)F)cc1)C(=O)O. The van der Waals surface area contributed by atoms with Gasteiger partial charge in [-0.2, -0.15) is 30.7 Å². The van der Waals surface area contributed by atoms with Crippen molar-refractivity contribution in [1.29, 1.82) is 0 Å². The molecule has 1 atom stereocenters. The summed E-state index contributed by atoms with van der Waals surface area (Å²) in [5, 5.41) is 10.1. The summed E-state index contributed by atoms with van der Waals surface area (Å²) < 4.78 is 97.2. The van der Waals surface area contributed by atoms with Crippen LogP contribution in [0.5, 0.6) is 5.75 Å². The molecule has 164 valence electrons. The Hall–Kier alpha value is -2.57. The van der Waals surface area contributed by atoms with Crippen LogP contribution in [0.2, 0.25) is 0 Å². The maximum atomic E-state index is 13.1. The number of aliphatic carboxylic acids is 1. The molecule has 0 spiro atoms. The molecule has 0 bridgehead atoms. The van der Waals surface area contributed by atoms with E-state index in [1.165, 1.54) is 36.7 Å². The van der Waals surface area contributed by atoms with E-state index in [2.05, 4.69) is 0 Å². The summed E-state index contributed by atoms with van der Waals surface area (Å²) in [5.74, 6) is -14.4. The summed E-state index contributed by atoms with van der Waals surface area (Å²) in [6, 6.07) is 5.48. The Labute approximate surface area is 159 Å². The van der Waals surface area contributed by atoms with Gasteiger partial charge in [0.25, 0.3) is 5.91 Å². The topological polar surface area (TPSA) is 84.9 Å². The standard InChI is InChI=1S/C16H16F7NO5/c1-28-11(13(26)27)6-9-2-4-10(5-3-9)29-7-12(25)24-8-14(17,18)15(19,20)16(21,22)23/h2-5,11H,6-8H2,1H3,(H,24,25)(H,26,27). The number of nitrogens with one attached hydrogen (secondary N) is 1. The number of methoxy groups -OCH3 is 1. The number of amides is 1. The van der Waals surface area contributed by atoms with Crippen LogP contribution in [0.1, 0.15) is 5.56 Å². The van der Waals surface area contributed by atoms with E-state index in [-0.39, 0.29) is 12.2 Å². The van der Waals surface area contributed by atoms with Crippen molar-refractivity contribution in [1.82, 2.24) is 5.32 Å². The lowest BCUT2D eigenvalue weighted by molar-refractivity contribution is -0.352. The number of ether oxygens (including phenoxy) is 2. The van der Waals surface area contributed by atoms with Crippen LogP contribution in [0.3, 0.4) is 0 Å². The fourth-order valence-corrected chi connectivity index (χ4v) is 1.94. The van der Waals surface area contributed by atoms with Gasteiger partial charge in [0.1, 0.15) is 5.75 Å². The summed E-state index contributed by atoms with van der Waals surface area (Å²) in [5.41, 5.74) is 0.532. The van der Waals surface area contributed by atoms with Crippen LogP contribution in [0.4, 0.5) is 30.7 Å². The third kappa shape index (κ3) is 6.48. The maximum absolute atomic E-state index is 13.1. The van der Waals surface area contributed by atoms with Gasteiger partial charge in [0.15, 0.2) is 12.7 Å². The molecule has 0 saturated heterocycles. The van der Waals surface area contributed by atoms with Gasteiger partial charge >= 0.3 is 24.0 Å². The first-order valence-corrected chi connectivity index (χ1v) is 7.77. The number of rotatable bonds is 10. The molecule has 0 aliphatic rings. The number of benzene rings is 1. The van der Waals surface area contributed by atoms with Crippen molar-refractivity contribution >= 4 is 11.9 Å². The number of carbonyl (C=O) groups is 2. The summed E-state index contributed by atoms with van der Waals surface area (Å²) in [6.07, 6.45) is -7.55. The molecule has 1 aromatic carbocycles. The quantitative estimate of drug-likeness (QED) is 0.552. The van der Waals surface area contributed by atoms with Crippen molar-refractivity contribution < 1.29 is 54.9 Å². The monoisotopic (exact) mass is 435 g/mol. The molecule has 1 rings (SSSR count). The van der Waals surface area contributed by atoms with Crippen LogP contribution >= 0.6 is 0 Å². The Morgan fingerprint density at radius 3 is 2.07 bits per heavy atom. The fraction of sp³-hybridized carbons (Fsp3) is 0.500. The zero-order chi connectivity index (χ0) is 22.5. The normalized spacial score (nSPS) is 13.7. The Balaban J connectivity index is 2.56. The molecule has 0 aliphatic carbocycles. The van der Waals surface area contributed by atoms with E-state index in [1.807, 2.05) is 0 Å². The minimum absolute atomic E-state index is 0.0229. The average molecular weight is 435 g/mol. The van der Waals surface area contributed by atoms with Crippen molar-refractivity contribution in [2.24, 2.45) is 0 Å². The van der Waals surface area contributed by atoms with Gasteiger partial charge in [-0.15, -0.1) is 0 Å². The van der Waals surface area contributed by atoms with Crippen LogP contribution in [-0.4, -0.2) is 61.4 Å². The molecular weight excluding hydrogens is 419 g/mol. The third-order valence-corrected chi connectivity index (χ3v) is 3.60. The van der Waals surface area contributed by atoms with Crippen LogP contribution in [-0.2, 0) is 20.7 Å². The van der Waals surface area contributed by atoms with Gasteiger partial charge in [0, 0.05) is 13.5 Å². The lowest BCUT2D eigenvalue weighted by Gasteiger charge is -2.28. The first-order chi connectivity index (χ1) is 13.2. The predicted octanol–water partition coefficient (Wildman–Crippen LogP) is 2.66. The predicted molar refractivity (Wildman–Crippen MR) is 83.0 cm³/mol. The molecule has 6 nitrogen and oxygen atoms in total. The minimum Gasteiger partial charge on any atom is -0.484 e. The molecule has 0 radical (unpaired) electrons. The number of alkyl halides is 7. The zero-order valence-electron chi connectivity index (χ0n) is 14.7. The molecule has 0 aromatic heterocycles. The highest BCUT2D eigenvalue weighted by Crippen LogP contribution is 2.46. The van der Waals surface area contributed by atoms with Gasteiger partial charge in [0.05, 0.1) is 6.54 Å². The molecule has 0 saturated carbocycles. The smallest absolute Gasteiger partial charge is 0.459 e. The number of carboxylic acids is 1. The Kier molecular flexibility index (Phi) is 7.83. The van der Waals surface area contributed by atoms with Crippen molar-refractivity contribution in [3.05, 3.63) is 29.8 Å². The van der Waals surface area contributed by atoms with Crippen molar-refractivity contribution in [2.45, 2.75) is 30.5 Å². The van der Waals surface area contributed by atoms with E-state index in [0.29, 0.717) is 5.56 Å². The summed E-state index contributed by atoms with van der Waals surface area (Å²) in [4.78, 5) is 22.3. The average Bonchev–Trinajstić information content (AvgIpc) is 2.62. The first-order valence-electron chi connectivity index (χ1n) is 7.77. The highest BCUT2D eigenvalue weighted by atomic mass is 19.4. The number of halogens is 7. The van der Waals surface area contributed by atoms with Crippen LogP contribution in [0, 0.1) is 0 Å². The van der Waals surface area contributed by atoms with Crippen LogP contribution < -0.4 is 10.1 Å². The zero-order valence-corrected chi connectivity index (χ0v) is 14.7. The molecule has 13 heteroatoms. The number of hydrogen-bond acceptors (Lipinski definition) is 4. The number of carbonyl (C=O) groups excluding carboxylic acids is 1. The highest BCUT2D eigenvalue weighted by Gasteiger charge is 2.72. The minimum atomic E-state index is -6.48. The maximum Gasteiger partial charge on any atom is 0.459 e. The lowest BCUT2D eigenvalue weighted by Crippen LogP contribution is -2.57. The molecular formula is C16H16F7NO5. The van der Waals surface area contributed by atoms with Gasteiger partial charge in [0.2, 0.25) is 0 Å². The molecule has 1 amide bonds. The van der Waals surface area contributed by atoms with Crippen LogP contribution in [0.15, 0.2) is 24.3 Å². The second-order valence-corrected chi connectivity index (χ2v) is 5.75. The largest absolute Gasteiger partial charge is 0.484 e. The van der Waals surface area contributed by atoms with E-state index < -0.39 is 49.2 Å². The molecule has 0 aliphatic heterocycles. The van der Waals surface area contributed by atoms with Crippen LogP contribution in [0.25, 0.3) is 0 Å². The van der Waals surface area contributed by atoms with Crippen molar-refractivity contribution in [3.8, 4) is 5.75 Å². The molecule has 1 unspecified atom stereocenters. The molecule has 0 fully saturated rings. The Morgan fingerprint density at radius 1 is 1.07 bits per heavy atom. The molecule has 0 heterocycles. The van der Waals surface area contributed by atoms with Gasteiger partial charge in [-0.25, -0.2) is 4.79 Å². The Morgan fingerprint density at radius 2 is 1.62 bits per heavy atom. The van der Waals surface area contributed by atoms with Gasteiger partial charge in [-0.05, 0) is 17.7 Å². The van der Waals surface area contributed by atoms with Gasteiger partial charge in [-0.3, -0.25) is 4.79 Å². The second kappa shape index (κ2) is 9.29. The van der Waals surface area contributed by atoms with E-state index in [9.17, 15) is 40.3 Å². The molecule has 29 heavy (non-hydrogen) atoms. The highest BCUT2D eigenvalue weighted by molar-refractivity contribution is 5.77. The summed E-state index contributed by atoms with van der Waals surface area (Å²) in [6.45, 7) is -3.17. The van der Waals surface area contributed by atoms with Crippen molar-refractivity contribution in [2.75, 3.05) is 20.3 Å². The van der Waals surface area contributed by atoms with E-state index >= 15 is 0 Å². The van der Waals surface area contributed by atoms with Gasteiger partial charge < -0.3 is 19.9 Å². The summed E-state index contributed by atoms with van der Waals surface area (Å²) >= 11 is 0. The Bertz CT molecular complexity index is 707. The summed E-state index contributed by atoms with van der Waals surface area (Å²) in [7, 11) is 1.21.